The lowest BCUT2D eigenvalue weighted by Gasteiger charge is -2.42. The van der Waals surface area contributed by atoms with Gasteiger partial charge in [-0.3, -0.25) is 0 Å². The van der Waals surface area contributed by atoms with Crippen LogP contribution in [0, 0.1) is 0 Å². The standard InChI is InChI=1S/C13H13F17OSi/c1-32(2,3)31-5-4-6(14,15)7(16,17)8(18,19)9(20,21)10(22,23)11(24,25)12(26,27)13(28,29)30/h4-5H2,1-3H3. The van der Waals surface area contributed by atoms with E-state index in [4.69, 9.17) is 0 Å². The minimum atomic E-state index is -8.60. The monoisotopic (exact) mass is 536 g/mol. The average molecular weight is 536 g/mol. The van der Waals surface area contributed by atoms with Gasteiger partial charge in [-0.15, -0.1) is 0 Å². The third-order valence-corrected chi connectivity index (χ3v) is 4.81. The van der Waals surface area contributed by atoms with Gasteiger partial charge in [0.2, 0.25) is 0 Å². The van der Waals surface area contributed by atoms with Crippen molar-refractivity contribution in [2.75, 3.05) is 6.61 Å². The molecule has 0 rings (SSSR count). The van der Waals surface area contributed by atoms with Crippen molar-refractivity contribution in [3.8, 4) is 0 Å². The van der Waals surface area contributed by atoms with Gasteiger partial charge in [0, 0.05) is 13.0 Å². The lowest BCUT2D eigenvalue weighted by Crippen LogP contribution is -2.74. The van der Waals surface area contributed by atoms with E-state index < -0.39 is 69.0 Å². The Morgan fingerprint density at radius 1 is 0.469 bits per heavy atom. The van der Waals surface area contributed by atoms with Gasteiger partial charge in [-0.05, 0) is 19.6 Å². The number of rotatable bonds is 10. The summed E-state index contributed by atoms with van der Waals surface area (Å²) in [4.78, 5) is 0. The molecule has 0 aliphatic heterocycles. The molecule has 0 spiro atoms. The van der Waals surface area contributed by atoms with Crippen molar-refractivity contribution in [1.82, 2.24) is 0 Å². The zero-order valence-electron chi connectivity index (χ0n) is 15.7. The molecule has 0 bridgehead atoms. The van der Waals surface area contributed by atoms with E-state index in [0.717, 1.165) is 0 Å². The molecule has 0 saturated heterocycles. The molecule has 0 aliphatic carbocycles. The molecule has 1 nitrogen and oxygen atoms in total. The first-order chi connectivity index (χ1) is 13.5. The third-order valence-electron chi connectivity index (χ3n) is 3.74. The van der Waals surface area contributed by atoms with Crippen molar-refractivity contribution in [3.63, 3.8) is 0 Å². The Bertz CT molecular complexity index is 660. The minimum absolute atomic E-state index is 1.25. The summed E-state index contributed by atoms with van der Waals surface area (Å²) in [5.74, 6) is -56.1. The zero-order valence-corrected chi connectivity index (χ0v) is 16.7. The molecule has 0 aromatic heterocycles. The van der Waals surface area contributed by atoms with E-state index >= 15 is 0 Å². The molecule has 0 saturated carbocycles. The molecule has 0 heterocycles. The molecule has 0 radical (unpaired) electrons. The molecular formula is C13H13F17OSi. The summed E-state index contributed by atoms with van der Waals surface area (Å²) in [6.07, 6.45) is -10.3. The Morgan fingerprint density at radius 2 is 0.750 bits per heavy atom. The fourth-order valence-electron chi connectivity index (χ4n) is 1.84. The summed E-state index contributed by atoms with van der Waals surface area (Å²) < 4.78 is 226. The third kappa shape index (κ3) is 4.64. The molecule has 19 heteroatoms. The van der Waals surface area contributed by atoms with Crippen molar-refractivity contribution < 1.29 is 79.1 Å². The molecule has 0 fully saturated rings. The smallest absolute Gasteiger partial charge is 0.417 e. The molecule has 194 valence electrons. The maximum Gasteiger partial charge on any atom is 0.460 e. The molecular weight excluding hydrogens is 523 g/mol. The summed E-state index contributed by atoms with van der Waals surface area (Å²) in [6.45, 7) is 2.19. The van der Waals surface area contributed by atoms with E-state index in [-0.39, 0.29) is 0 Å². The van der Waals surface area contributed by atoms with Crippen molar-refractivity contribution >= 4 is 8.32 Å². The van der Waals surface area contributed by atoms with Gasteiger partial charge in [0.15, 0.2) is 8.32 Å². The molecule has 0 aromatic carbocycles. The van der Waals surface area contributed by atoms with E-state index in [2.05, 4.69) is 4.43 Å². The van der Waals surface area contributed by atoms with Crippen molar-refractivity contribution in [2.24, 2.45) is 0 Å². The predicted octanol–water partition coefficient (Wildman–Crippen LogP) is 7.24. The largest absolute Gasteiger partial charge is 0.460 e. The first-order valence-corrected chi connectivity index (χ1v) is 11.2. The fourth-order valence-corrected chi connectivity index (χ4v) is 2.55. The number of halogens is 17. The second-order valence-corrected chi connectivity index (χ2v) is 11.9. The Labute approximate surface area is 169 Å². The van der Waals surface area contributed by atoms with Crippen LogP contribution in [0.1, 0.15) is 6.42 Å². The Hall–Kier alpha value is -1.01. The van der Waals surface area contributed by atoms with E-state index in [1.165, 1.54) is 19.6 Å². The van der Waals surface area contributed by atoms with E-state index in [1.807, 2.05) is 0 Å². The summed E-state index contributed by atoms with van der Waals surface area (Å²) in [5.41, 5.74) is 0. The van der Waals surface area contributed by atoms with Gasteiger partial charge in [0.05, 0.1) is 0 Å². The lowest BCUT2D eigenvalue weighted by atomic mass is 9.88. The summed E-state index contributed by atoms with van der Waals surface area (Å²) in [7, 11) is -2.82. The van der Waals surface area contributed by atoms with Crippen LogP contribution in [0.5, 0.6) is 0 Å². The maximum atomic E-state index is 13.5. The average Bonchev–Trinajstić information content (AvgIpc) is 2.50. The van der Waals surface area contributed by atoms with Gasteiger partial charge in [-0.1, -0.05) is 0 Å². The highest BCUT2D eigenvalue weighted by Gasteiger charge is 2.95. The minimum Gasteiger partial charge on any atom is -0.417 e. The second-order valence-electron chi connectivity index (χ2n) is 7.36. The molecule has 0 aliphatic rings. The number of alkyl halides is 17. The van der Waals surface area contributed by atoms with Crippen LogP contribution in [0.15, 0.2) is 0 Å². The Morgan fingerprint density at radius 3 is 1.03 bits per heavy atom. The molecule has 0 aromatic rings. The van der Waals surface area contributed by atoms with E-state index in [1.54, 1.807) is 0 Å². The van der Waals surface area contributed by atoms with Gasteiger partial charge in [0.25, 0.3) is 0 Å². The first kappa shape index (κ1) is 31.0. The summed E-state index contributed by atoms with van der Waals surface area (Å²) in [6, 6.07) is 0. The second kappa shape index (κ2) is 8.04. The maximum absolute atomic E-state index is 13.5. The van der Waals surface area contributed by atoms with Gasteiger partial charge in [-0.25, -0.2) is 0 Å². The van der Waals surface area contributed by atoms with Crippen LogP contribution in [0.25, 0.3) is 0 Å². The topological polar surface area (TPSA) is 9.23 Å². The van der Waals surface area contributed by atoms with E-state index in [0.29, 0.717) is 0 Å². The van der Waals surface area contributed by atoms with Gasteiger partial charge in [0.1, 0.15) is 0 Å². The van der Waals surface area contributed by atoms with Crippen molar-refractivity contribution in [2.45, 2.75) is 73.7 Å². The van der Waals surface area contributed by atoms with Crippen LogP contribution in [-0.2, 0) is 4.43 Å². The quantitative estimate of drug-likeness (QED) is 0.211. The Kier molecular flexibility index (Phi) is 7.78. The normalized spacial score (nSPS) is 16.5. The lowest BCUT2D eigenvalue weighted by molar-refractivity contribution is -0.461. The first-order valence-electron chi connectivity index (χ1n) is 7.81. The Balaban J connectivity index is 6.41. The molecule has 0 N–H and O–H groups in total. The van der Waals surface area contributed by atoms with Crippen LogP contribution in [0.2, 0.25) is 19.6 Å². The van der Waals surface area contributed by atoms with Crippen molar-refractivity contribution in [3.05, 3.63) is 0 Å². The van der Waals surface area contributed by atoms with Gasteiger partial charge >= 0.3 is 47.6 Å². The summed E-state index contributed by atoms with van der Waals surface area (Å²) >= 11 is 0. The van der Waals surface area contributed by atoms with Crippen LogP contribution in [-0.4, -0.2) is 62.6 Å². The molecule has 0 amide bonds. The zero-order chi connectivity index (χ0) is 26.6. The van der Waals surface area contributed by atoms with Gasteiger partial charge < -0.3 is 4.43 Å². The molecule has 32 heavy (non-hydrogen) atoms. The summed E-state index contributed by atoms with van der Waals surface area (Å²) in [5, 5.41) is 0. The number of hydrogen-bond donors (Lipinski definition) is 0. The highest BCUT2D eigenvalue weighted by atomic mass is 28.4. The predicted molar refractivity (Wildman–Crippen MR) is 74.6 cm³/mol. The van der Waals surface area contributed by atoms with Crippen LogP contribution < -0.4 is 0 Å². The van der Waals surface area contributed by atoms with E-state index in [9.17, 15) is 74.6 Å². The van der Waals surface area contributed by atoms with Gasteiger partial charge in [-0.2, -0.15) is 74.6 Å². The number of hydrogen-bond acceptors (Lipinski definition) is 1. The van der Waals surface area contributed by atoms with Crippen LogP contribution in [0.4, 0.5) is 74.6 Å². The highest BCUT2D eigenvalue weighted by molar-refractivity contribution is 6.69. The molecule has 0 unspecified atom stereocenters. The SMILES string of the molecule is C[Si](C)(C)OCCC(F)(F)C(F)(F)C(F)(F)C(F)(F)C(F)(F)C(F)(F)C(F)(F)C(F)(F)F. The van der Waals surface area contributed by atoms with Crippen molar-refractivity contribution in [1.29, 1.82) is 0 Å². The van der Waals surface area contributed by atoms with Crippen LogP contribution in [0.3, 0.4) is 0 Å². The highest BCUT2D eigenvalue weighted by Crippen LogP contribution is 2.64. The fraction of sp³-hybridized carbons (Fsp3) is 1.00. The molecule has 0 atom stereocenters. The van der Waals surface area contributed by atoms with Crippen LogP contribution >= 0.6 is 0 Å².